The molecule has 7 aromatic carbocycles. The molecule has 7 rings (SSSR count). The Morgan fingerprint density at radius 3 is 1.46 bits per heavy atom. The van der Waals surface area contributed by atoms with Gasteiger partial charge in [0.1, 0.15) is 0 Å². The maximum absolute atomic E-state index is 2.36. The Bertz CT molecular complexity index is 1890. The van der Waals surface area contributed by atoms with E-state index in [9.17, 15) is 0 Å². The van der Waals surface area contributed by atoms with Crippen LogP contribution in [-0.4, -0.2) is 0 Å². The molecule has 0 aliphatic heterocycles. The highest BCUT2D eigenvalue weighted by atomic mass is 14.3. The fourth-order valence-corrected chi connectivity index (χ4v) is 6.53. The number of hydrogen-bond acceptors (Lipinski definition) is 0. The third-order valence-corrected chi connectivity index (χ3v) is 7.87. The molecule has 0 bridgehead atoms. The molecular weight excluding hydrogens is 444 g/mol. The SMILES string of the molecule is Cc1cc(C)c(-c2c(-c3ccccc3)c(-c3ccccc3)c3ccc4cccc5ccc2c3c45)c(C)c1. The van der Waals surface area contributed by atoms with E-state index in [1.807, 2.05) is 0 Å². The van der Waals surface area contributed by atoms with Crippen molar-refractivity contribution in [3.05, 3.63) is 132 Å². The highest BCUT2D eigenvalue weighted by Gasteiger charge is 2.24. The van der Waals surface area contributed by atoms with E-state index in [-0.39, 0.29) is 0 Å². The van der Waals surface area contributed by atoms with Crippen LogP contribution in [0.4, 0.5) is 0 Å². The molecule has 0 N–H and O–H groups in total. The van der Waals surface area contributed by atoms with Gasteiger partial charge in [-0.1, -0.05) is 121 Å². The molecule has 0 radical (unpaired) electrons. The van der Waals surface area contributed by atoms with Crippen LogP contribution < -0.4 is 0 Å². The molecule has 7 aromatic rings. The molecule has 0 saturated carbocycles. The lowest BCUT2D eigenvalue weighted by Gasteiger charge is -2.25. The summed E-state index contributed by atoms with van der Waals surface area (Å²) < 4.78 is 0. The topological polar surface area (TPSA) is 0 Å². The van der Waals surface area contributed by atoms with Gasteiger partial charge in [0.2, 0.25) is 0 Å². The second kappa shape index (κ2) is 8.32. The van der Waals surface area contributed by atoms with Gasteiger partial charge in [-0.2, -0.15) is 0 Å². The summed E-state index contributed by atoms with van der Waals surface area (Å²) >= 11 is 0. The van der Waals surface area contributed by atoms with E-state index >= 15 is 0 Å². The van der Waals surface area contributed by atoms with Gasteiger partial charge in [0, 0.05) is 0 Å². The van der Waals surface area contributed by atoms with Gasteiger partial charge in [-0.25, -0.2) is 0 Å². The number of aryl methyl sites for hydroxylation is 3. The van der Waals surface area contributed by atoms with Crippen molar-refractivity contribution in [1.29, 1.82) is 0 Å². The molecule has 0 fully saturated rings. The minimum Gasteiger partial charge on any atom is -0.0622 e. The molecule has 176 valence electrons. The van der Waals surface area contributed by atoms with E-state index in [1.54, 1.807) is 0 Å². The minimum absolute atomic E-state index is 1.25. The normalized spacial score (nSPS) is 11.6. The van der Waals surface area contributed by atoms with Crippen molar-refractivity contribution in [2.75, 3.05) is 0 Å². The lowest BCUT2D eigenvalue weighted by Crippen LogP contribution is -1.99. The lowest BCUT2D eigenvalue weighted by atomic mass is 9.78. The first kappa shape index (κ1) is 21.8. The average Bonchev–Trinajstić information content (AvgIpc) is 2.92. The molecule has 0 aliphatic carbocycles. The fraction of sp³-hybridized carbons (Fsp3) is 0.0811. The van der Waals surface area contributed by atoms with Crippen LogP contribution >= 0.6 is 0 Å². The molecule has 0 aromatic heterocycles. The van der Waals surface area contributed by atoms with Gasteiger partial charge in [0.05, 0.1) is 0 Å². The van der Waals surface area contributed by atoms with Crippen molar-refractivity contribution in [2.45, 2.75) is 20.8 Å². The summed E-state index contributed by atoms with van der Waals surface area (Å²) in [5.41, 5.74) is 11.8. The first-order valence-electron chi connectivity index (χ1n) is 13.0. The number of benzene rings is 7. The fourth-order valence-electron chi connectivity index (χ4n) is 6.53. The smallest absolute Gasteiger partial charge is 0.00139 e. The van der Waals surface area contributed by atoms with Crippen molar-refractivity contribution < 1.29 is 0 Å². The Kier molecular flexibility index (Phi) is 4.91. The third-order valence-electron chi connectivity index (χ3n) is 7.87. The summed E-state index contributed by atoms with van der Waals surface area (Å²) in [6.45, 7) is 6.73. The van der Waals surface area contributed by atoms with Crippen molar-refractivity contribution in [1.82, 2.24) is 0 Å². The molecular formula is C37H28. The first-order valence-corrected chi connectivity index (χ1v) is 13.0. The van der Waals surface area contributed by atoms with Crippen molar-refractivity contribution in [3.8, 4) is 33.4 Å². The Labute approximate surface area is 218 Å². The third kappa shape index (κ3) is 3.29. The van der Waals surface area contributed by atoms with Gasteiger partial charge in [-0.15, -0.1) is 0 Å². The zero-order chi connectivity index (χ0) is 25.1. The van der Waals surface area contributed by atoms with E-state index in [2.05, 4.69) is 136 Å². The monoisotopic (exact) mass is 472 g/mol. The van der Waals surface area contributed by atoms with Gasteiger partial charge in [-0.05, 0) is 97.6 Å². The van der Waals surface area contributed by atoms with Crippen LogP contribution in [0.3, 0.4) is 0 Å². The van der Waals surface area contributed by atoms with Crippen LogP contribution in [0.1, 0.15) is 16.7 Å². The van der Waals surface area contributed by atoms with Crippen LogP contribution in [-0.2, 0) is 0 Å². The van der Waals surface area contributed by atoms with E-state index in [0.29, 0.717) is 0 Å². The number of rotatable bonds is 3. The largest absolute Gasteiger partial charge is 0.0622 e. The predicted octanol–water partition coefficient (Wildman–Crippen LogP) is 10.5. The van der Waals surface area contributed by atoms with E-state index in [1.165, 1.54) is 82.4 Å². The molecule has 0 amide bonds. The van der Waals surface area contributed by atoms with Crippen LogP contribution in [0.25, 0.3) is 65.7 Å². The Morgan fingerprint density at radius 2 is 0.892 bits per heavy atom. The molecule has 0 aliphatic rings. The summed E-state index contributed by atoms with van der Waals surface area (Å²) in [6.07, 6.45) is 0. The van der Waals surface area contributed by atoms with Gasteiger partial charge in [0.25, 0.3) is 0 Å². The minimum atomic E-state index is 1.25. The Balaban J connectivity index is 1.82. The maximum Gasteiger partial charge on any atom is -0.00139 e. The zero-order valence-electron chi connectivity index (χ0n) is 21.5. The van der Waals surface area contributed by atoms with Crippen molar-refractivity contribution >= 4 is 32.3 Å². The number of hydrogen-bond donors (Lipinski definition) is 0. The summed E-state index contributed by atoms with van der Waals surface area (Å²) in [4.78, 5) is 0. The van der Waals surface area contributed by atoms with E-state index in [4.69, 9.17) is 0 Å². The van der Waals surface area contributed by atoms with E-state index < -0.39 is 0 Å². The molecule has 37 heavy (non-hydrogen) atoms. The summed E-state index contributed by atoms with van der Waals surface area (Å²) in [7, 11) is 0. The maximum atomic E-state index is 2.36. The van der Waals surface area contributed by atoms with Crippen LogP contribution in [0.5, 0.6) is 0 Å². The molecule has 0 heteroatoms. The summed E-state index contributed by atoms with van der Waals surface area (Å²) in [5.74, 6) is 0. The Hall–Kier alpha value is -4.42. The molecule has 0 nitrogen and oxygen atoms in total. The van der Waals surface area contributed by atoms with Gasteiger partial charge < -0.3 is 0 Å². The van der Waals surface area contributed by atoms with Crippen molar-refractivity contribution in [2.24, 2.45) is 0 Å². The molecule has 0 unspecified atom stereocenters. The van der Waals surface area contributed by atoms with Crippen LogP contribution in [0, 0.1) is 20.8 Å². The predicted molar refractivity (Wildman–Crippen MR) is 161 cm³/mol. The molecule has 0 atom stereocenters. The van der Waals surface area contributed by atoms with Crippen LogP contribution in [0.2, 0.25) is 0 Å². The summed E-state index contributed by atoms with van der Waals surface area (Å²) in [5, 5.41) is 7.96. The van der Waals surface area contributed by atoms with Gasteiger partial charge >= 0.3 is 0 Å². The second-order valence-electron chi connectivity index (χ2n) is 10.3. The standard InChI is InChI=1S/C37H28/c1-23-21-24(2)32(25(3)22-23)37-31-20-18-29-16-10-15-28-17-19-30(36(31)33(28)29)34(26-11-6-4-7-12-26)35(37)27-13-8-5-9-14-27/h4-22H,1-3H3. The average molecular weight is 473 g/mol. The molecule has 0 spiro atoms. The summed E-state index contributed by atoms with van der Waals surface area (Å²) in [6, 6.07) is 42.5. The van der Waals surface area contributed by atoms with Crippen molar-refractivity contribution in [3.63, 3.8) is 0 Å². The first-order chi connectivity index (χ1) is 18.1. The Morgan fingerprint density at radius 1 is 0.378 bits per heavy atom. The van der Waals surface area contributed by atoms with Gasteiger partial charge in [-0.3, -0.25) is 0 Å². The van der Waals surface area contributed by atoms with E-state index in [0.717, 1.165) is 0 Å². The highest BCUT2D eigenvalue weighted by molar-refractivity contribution is 6.31. The molecule has 0 heterocycles. The lowest BCUT2D eigenvalue weighted by molar-refractivity contribution is 1.32. The quantitative estimate of drug-likeness (QED) is 0.224. The zero-order valence-corrected chi connectivity index (χ0v) is 21.5. The second-order valence-corrected chi connectivity index (χ2v) is 10.3. The van der Waals surface area contributed by atoms with Gasteiger partial charge in [0.15, 0.2) is 0 Å². The van der Waals surface area contributed by atoms with Crippen LogP contribution in [0.15, 0.2) is 115 Å². The molecule has 0 saturated heterocycles. The highest BCUT2D eigenvalue weighted by Crippen LogP contribution is 2.51.